The minimum atomic E-state index is 0.777. The van der Waals surface area contributed by atoms with Crippen molar-refractivity contribution in [3.8, 4) is 0 Å². The smallest absolute Gasteiger partial charge is 0.135 e. The zero-order chi connectivity index (χ0) is 13.1. The molecule has 0 aliphatic heterocycles. The molecule has 0 radical (unpaired) electrons. The van der Waals surface area contributed by atoms with Gasteiger partial charge >= 0.3 is 0 Å². The van der Waals surface area contributed by atoms with Crippen LogP contribution in [0.25, 0.3) is 0 Å². The molecular weight excluding hydrogens is 222 g/mol. The van der Waals surface area contributed by atoms with Gasteiger partial charge in [0.15, 0.2) is 0 Å². The number of nitrogens with one attached hydrogen (secondary N) is 1. The molecule has 0 unspecified atom stereocenters. The quantitative estimate of drug-likeness (QED) is 0.897. The molecule has 0 amide bonds. The number of benzene rings is 1. The SMILES string of the molecule is CNc1cc(C)nc(Cc2cc(C)cc(C)c2)n1. The summed E-state index contributed by atoms with van der Waals surface area (Å²) in [6, 6.07) is 8.51. The predicted molar refractivity (Wildman–Crippen MR) is 75.0 cm³/mol. The minimum absolute atomic E-state index is 0.777. The molecule has 2 aromatic rings. The van der Waals surface area contributed by atoms with E-state index in [0.29, 0.717) is 0 Å². The minimum Gasteiger partial charge on any atom is -0.373 e. The van der Waals surface area contributed by atoms with Crippen LogP contribution in [0, 0.1) is 20.8 Å². The van der Waals surface area contributed by atoms with Gasteiger partial charge in [-0.05, 0) is 26.3 Å². The summed E-state index contributed by atoms with van der Waals surface area (Å²) in [4.78, 5) is 8.97. The summed E-state index contributed by atoms with van der Waals surface area (Å²) in [6.07, 6.45) is 0.777. The highest BCUT2D eigenvalue weighted by Crippen LogP contribution is 2.13. The largest absolute Gasteiger partial charge is 0.373 e. The first-order chi connectivity index (χ1) is 8.56. The number of aryl methyl sites for hydroxylation is 3. The lowest BCUT2D eigenvalue weighted by Gasteiger charge is -2.07. The lowest BCUT2D eigenvalue weighted by Crippen LogP contribution is -2.03. The van der Waals surface area contributed by atoms with Crippen molar-refractivity contribution in [1.29, 1.82) is 0 Å². The Kier molecular flexibility index (Phi) is 3.60. The molecule has 2 rings (SSSR count). The van der Waals surface area contributed by atoms with Gasteiger partial charge in [-0.2, -0.15) is 0 Å². The first kappa shape index (κ1) is 12.6. The van der Waals surface area contributed by atoms with E-state index in [4.69, 9.17) is 0 Å². The second-order valence-corrected chi connectivity index (χ2v) is 4.73. The molecule has 0 aliphatic carbocycles. The van der Waals surface area contributed by atoms with Gasteiger partial charge in [-0.15, -0.1) is 0 Å². The van der Waals surface area contributed by atoms with Gasteiger partial charge in [0, 0.05) is 25.2 Å². The highest BCUT2D eigenvalue weighted by atomic mass is 15.0. The Bertz CT molecular complexity index is 541. The molecule has 1 heterocycles. The summed E-state index contributed by atoms with van der Waals surface area (Å²) < 4.78 is 0. The molecule has 3 heteroatoms. The van der Waals surface area contributed by atoms with E-state index in [0.717, 1.165) is 23.8 Å². The van der Waals surface area contributed by atoms with Crippen LogP contribution in [0.4, 0.5) is 5.82 Å². The van der Waals surface area contributed by atoms with Crippen LogP contribution in [0.2, 0.25) is 0 Å². The monoisotopic (exact) mass is 241 g/mol. The van der Waals surface area contributed by atoms with E-state index in [1.807, 2.05) is 20.0 Å². The summed E-state index contributed by atoms with van der Waals surface area (Å²) in [5.74, 6) is 1.74. The van der Waals surface area contributed by atoms with Gasteiger partial charge in [-0.3, -0.25) is 0 Å². The van der Waals surface area contributed by atoms with Crippen molar-refractivity contribution in [1.82, 2.24) is 9.97 Å². The number of hydrogen-bond donors (Lipinski definition) is 1. The van der Waals surface area contributed by atoms with Crippen molar-refractivity contribution in [3.05, 3.63) is 52.5 Å². The molecule has 1 N–H and O–H groups in total. The summed E-state index contributed by atoms with van der Waals surface area (Å²) >= 11 is 0. The molecule has 18 heavy (non-hydrogen) atoms. The lowest BCUT2D eigenvalue weighted by atomic mass is 10.0. The maximum atomic E-state index is 4.49. The Morgan fingerprint density at radius 3 is 2.22 bits per heavy atom. The second-order valence-electron chi connectivity index (χ2n) is 4.73. The maximum Gasteiger partial charge on any atom is 0.135 e. The fourth-order valence-electron chi connectivity index (χ4n) is 2.19. The van der Waals surface area contributed by atoms with E-state index in [2.05, 4.69) is 47.3 Å². The highest BCUT2D eigenvalue weighted by Gasteiger charge is 2.04. The topological polar surface area (TPSA) is 37.8 Å². The van der Waals surface area contributed by atoms with Crippen molar-refractivity contribution in [2.75, 3.05) is 12.4 Å². The van der Waals surface area contributed by atoms with Gasteiger partial charge in [-0.1, -0.05) is 29.3 Å². The summed E-state index contributed by atoms with van der Waals surface area (Å²) in [7, 11) is 1.88. The Balaban J connectivity index is 2.30. The first-order valence-electron chi connectivity index (χ1n) is 6.16. The van der Waals surface area contributed by atoms with Gasteiger partial charge in [0.2, 0.25) is 0 Å². The number of nitrogens with zero attached hydrogens (tertiary/aromatic N) is 2. The third-order valence-electron chi connectivity index (χ3n) is 2.80. The van der Waals surface area contributed by atoms with Crippen molar-refractivity contribution in [2.45, 2.75) is 27.2 Å². The van der Waals surface area contributed by atoms with Gasteiger partial charge in [-0.25, -0.2) is 9.97 Å². The maximum absolute atomic E-state index is 4.49. The Morgan fingerprint density at radius 1 is 0.944 bits per heavy atom. The van der Waals surface area contributed by atoms with Crippen LogP contribution in [0.15, 0.2) is 24.3 Å². The standard InChI is InChI=1S/C15H19N3/c1-10-5-11(2)7-13(6-10)9-15-17-12(3)8-14(16-4)18-15/h5-8H,9H2,1-4H3,(H,16,17,18). The van der Waals surface area contributed by atoms with E-state index in [-0.39, 0.29) is 0 Å². The lowest BCUT2D eigenvalue weighted by molar-refractivity contribution is 0.942. The molecule has 0 bridgehead atoms. The molecule has 0 aliphatic rings. The van der Waals surface area contributed by atoms with Crippen LogP contribution in [0.1, 0.15) is 28.2 Å². The first-order valence-corrected chi connectivity index (χ1v) is 6.16. The van der Waals surface area contributed by atoms with Gasteiger partial charge in [0.1, 0.15) is 11.6 Å². The Morgan fingerprint density at radius 2 is 1.61 bits per heavy atom. The number of rotatable bonds is 3. The summed E-state index contributed by atoms with van der Waals surface area (Å²) in [6.45, 7) is 6.23. The number of aromatic nitrogens is 2. The molecule has 1 aromatic carbocycles. The molecule has 0 spiro atoms. The van der Waals surface area contributed by atoms with Crippen LogP contribution in [-0.4, -0.2) is 17.0 Å². The van der Waals surface area contributed by atoms with E-state index < -0.39 is 0 Å². The van der Waals surface area contributed by atoms with Gasteiger partial charge in [0.05, 0.1) is 0 Å². The third kappa shape index (κ3) is 3.06. The van der Waals surface area contributed by atoms with Crippen molar-refractivity contribution >= 4 is 5.82 Å². The molecule has 0 atom stereocenters. The van der Waals surface area contributed by atoms with E-state index in [1.54, 1.807) is 0 Å². The zero-order valence-electron chi connectivity index (χ0n) is 11.4. The van der Waals surface area contributed by atoms with Gasteiger partial charge in [0.25, 0.3) is 0 Å². The third-order valence-corrected chi connectivity index (χ3v) is 2.80. The van der Waals surface area contributed by atoms with Gasteiger partial charge < -0.3 is 5.32 Å². The van der Waals surface area contributed by atoms with Crippen LogP contribution < -0.4 is 5.32 Å². The van der Waals surface area contributed by atoms with E-state index >= 15 is 0 Å². The van der Waals surface area contributed by atoms with Crippen molar-refractivity contribution < 1.29 is 0 Å². The van der Waals surface area contributed by atoms with Crippen LogP contribution in [0.5, 0.6) is 0 Å². The highest BCUT2D eigenvalue weighted by molar-refractivity contribution is 5.36. The van der Waals surface area contributed by atoms with Crippen LogP contribution >= 0.6 is 0 Å². The van der Waals surface area contributed by atoms with Crippen LogP contribution in [-0.2, 0) is 6.42 Å². The fourth-order valence-corrected chi connectivity index (χ4v) is 2.19. The van der Waals surface area contributed by atoms with Crippen LogP contribution in [0.3, 0.4) is 0 Å². The molecule has 0 saturated carbocycles. The summed E-state index contributed by atoms with van der Waals surface area (Å²) in [5.41, 5.74) is 4.83. The summed E-state index contributed by atoms with van der Waals surface area (Å²) in [5, 5.41) is 3.07. The Labute approximate surface area is 108 Å². The predicted octanol–water partition coefficient (Wildman–Crippen LogP) is 3.03. The van der Waals surface area contributed by atoms with E-state index in [9.17, 15) is 0 Å². The van der Waals surface area contributed by atoms with E-state index in [1.165, 1.54) is 16.7 Å². The van der Waals surface area contributed by atoms with Crippen molar-refractivity contribution in [3.63, 3.8) is 0 Å². The molecule has 0 fully saturated rings. The number of anilines is 1. The van der Waals surface area contributed by atoms with Crippen molar-refractivity contribution in [2.24, 2.45) is 0 Å². The molecule has 0 saturated heterocycles. The molecule has 1 aromatic heterocycles. The second kappa shape index (κ2) is 5.17. The fraction of sp³-hybridized carbons (Fsp3) is 0.333. The molecular formula is C15H19N3. The normalized spacial score (nSPS) is 10.4. The average molecular weight is 241 g/mol. The molecule has 94 valence electrons. The zero-order valence-corrected chi connectivity index (χ0v) is 11.4. The average Bonchev–Trinajstić information content (AvgIpc) is 2.26. The Hall–Kier alpha value is -1.90. The molecule has 3 nitrogen and oxygen atoms in total. The number of hydrogen-bond acceptors (Lipinski definition) is 3.